The predicted molar refractivity (Wildman–Crippen MR) is 89.1 cm³/mol. The number of aromatic nitrogens is 2. The number of esters is 1. The summed E-state index contributed by atoms with van der Waals surface area (Å²) >= 11 is 0. The molecule has 0 saturated carbocycles. The van der Waals surface area contributed by atoms with Gasteiger partial charge in [0.05, 0.1) is 19.1 Å². The molecule has 0 bridgehead atoms. The first-order chi connectivity index (χ1) is 11.7. The second kappa shape index (κ2) is 7.57. The number of hydrogen-bond acceptors (Lipinski definition) is 6. The maximum atomic E-state index is 11.8. The van der Waals surface area contributed by atoms with E-state index in [2.05, 4.69) is 15.1 Å². The number of likely N-dealkylation sites (tertiary alicyclic amines) is 1. The molecule has 3 rings (SSSR count). The Kier molecular flexibility index (Phi) is 5.25. The summed E-state index contributed by atoms with van der Waals surface area (Å²) in [6.45, 7) is 6.62. The minimum atomic E-state index is -0.0725. The number of nitrogens with zero attached hydrogens (tertiary/aromatic N) is 3. The van der Waals surface area contributed by atoms with Crippen LogP contribution in [0, 0.1) is 12.8 Å². The molecule has 0 unspecified atom stereocenters. The molecule has 1 aromatic heterocycles. The lowest BCUT2D eigenvalue weighted by Crippen LogP contribution is -2.36. The molecule has 1 aromatic carbocycles. The fourth-order valence-corrected chi connectivity index (χ4v) is 2.99. The fraction of sp³-hybridized carbons (Fsp3) is 0.500. The van der Waals surface area contributed by atoms with E-state index in [0.29, 0.717) is 24.9 Å². The molecule has 0 atom stereocenters. The van der Waals surface area contributed by atoms with Crippen LogP contribution in [0.4, 0.5) is 0 Å². The number of carbonyl (C=O) groups excluding carboxylic acids is 1. The van der Waals surface area contributed by atoms with Crippen LogP contribution < -0.4 is 0 Å². The maximum Gasteiger partial charge on any atom is 0.309 e. The molecule has 1 saturated heterocycles. The minimum absolute atomic E-state index is 0.0201. The summed E-state index contributed by atoms with van der Waals surface area (Å²) in [6, 6.07) is 8.01. The average molecular weight is 329 g/mol. The van der Waals surface area contributed by atoms with Gasteiger partial charge in [-0.15, -0.1) is 10.2 Å². The SMILES string of the molecule is CCOC(=O)C1CCN(Cc2nnc(-c3cccc(C)c3)o2)CC1. The molecule has 0 radical (unpaired) electrons. The van der Waals surface area contributed by atoms with Gasteiger partial charge in [0, 0.05) is 5.56 Å². The Balaban J connectivity index is 1.56. The van der Waals surface area contributed by atoms with E-state index in [1.165, 1.54) is 0 Å². The number of rotatable bonds is 5. The van der Waals surface area contributed by atoms with Crippen molar-refractivity contribution in [3.05, 3.63) is 35.7 Å². The third kappa shape index (κ3) is 4.00. The summed E-state index contributed by atoms with van der Waals surface area (Å²) < 4.78 is 10.9. The largest absolute Gasteiger partial charge is 0.466 e. The molecule has 2 aromatic rings. The highest BCUT2D eigenvalue weighted by Gasteiger charge is 2.26. The summed E-state index contributed by atoms with van der Waals surface area (Å²) in [5.74, 6) is 1.11. The van der Waals surface area contributed by atoms with Gasteiger partial charge in [0.15, 0.2) is 0 Å². The topological polar surface area (TPSA) is 68.5 Å². The Morgan fingerprint density at radius 3 is 2.83 bits per heavy atom. The van der Waals surface area contributed by atoms with Crippen LogP contribution in [0.2, 0.25) is 0 Å². The lowest BCUT2D eigenvalue weighted by atomic mass is 9.97. The predicted octanol–water partition coefficient (Wildman–Crippen LogP) is 2.82. The van der Waals surface area contributed by atoms with Crippen molar-refractivity contribution in [3.8, 4) is 11.5 Å². The van der Waals surface area contributed by atoms with Crippen molar-refractivity contribution in [3.63, 3.8) is 0 Å². The van der Waals surface area contributed by atoms with E-state index in [1.807, 2.05) is 38.1 Å². The fourth-order valence-electron chi connectivity index (χ4n) is 2.99. The quantitative estimate of drug-likeness (QED) is 0.786. The molecule has 6 nitrogen and oxygen atoms in total. The maximum absolute atomic E-state index is 11.8. The molecule has 1 aliphatic heterocycles. The molecule has 0 aliphatic carbocycles. The average Bonchev–Trinajstić information content (AvgIpc) is 3.04. The highest BCUT2D eigenvalue weighted by atomic mass is 16.5. The number of aryl methyl sites for hydroxylation is 1. The van der Waals surface area contributed by atoms with E-state index in [-0.39, 0.29) is 11.9 Å². The van der Waals surface area contributed by atoms with Crippen LogP contribution in [0.1, 0.15) is 31.2 Å². The summed E-state index contributed by atoms with van der Waals surface area (Å²) in [5, 5.41) is 8.29. The smallest absolute Gasteiger partial charge is 0.309 e. The van der Waals surface area contributed by atoms with Crippen LogP contribution in [0.3, 0.4) is 0 Å². The lowest BCUT2D eigenvalue weighted by molar-refractivity contribution is -0.149. The molecule has 2 heterocycles. The summed E-state index contributed by atoms with van der Waals surface area (Å²) in [4.78, 5) is 14.0. The highest BCUT2D eigenvalue weighted by Crippen LogP contribution is 2.22. The number of hydrogen-bond donors (Lipinski definition) is 0. The zero-order valence-corrected chi connectivity index (χ0v) is 14.2. The number of ether oxygens (including phenoxy) is 1. The Bertz CT molecular complexity index is 690. The Morgan fingerprint density at radius 1 is 1.33 bits per heavy atom. The van der Waals surface area contributed by atoms with E-state index in [0.717, 1.165) is 37.1 Å². The monoisotopic (exact) mass is 329 g/mol. The van der Waals surface area contributed by atoms with Crippen LogP contribution in [0.15, 0.2) is 28.7 Å². The van der Waals surface area contributed by atoms with Crippen molar-refractivity contribution < 1.29 is 13.9 Å². The van der Waals surface area contributed by atoms with Crippen molar-refractivity contribution in [2.75, 3.05) is 19.7 Å². The zero-order valence-electron chi connectivity index (χ0n) is 14.2. The van der Waals surface area contributed by atoms with Gasteiger partial charge in [0.1, 0.15) is 0 Å². The molecule has 128 valence electrons. The highest BCUT2D eigenvalue weighted by molar-refractivity contribution is 5.72. The van der Waals surface area contributed by atoms with Crippen molar-refractivity contribution >= 4 is 5.97 Å². The van der Waals surface area contributed by atoms with Crippen LogP contribution in [-0.2, 0) is 16.1 Å². The normalized spacial score (nSPS) is 16.2. The summed E-state index contributed by atoms with van der Waals surface area (Å²) in [5.41, 5.74) is 2.10. The van der Waals surface area contributed by atoms with Gasteiger partial charge in [0.2, 0.25) is 11.8 Å². The van der Waals surface area contributed by atoms with Gasteiger partial charge >= 0.3 is 5.97 Å². The van der Waals surface area contributed by atoms with E-state index >= 15 is 0 Å². The van der Waals surface area contributed by atoms with Crippen LogP contribution in [0.5, 0.6) is 0 Å². The number of piperidine rings is 1. The van der Waals surface area contributed by atoms with Gasteiger partial charge in [-0.2, -0.15) is 0 Å². The third-order valence-corrected chi connectivity index (χ3v) is 4.30. The standard InChI is InChI=1S/C18H23N3O3/c1-3-23-18(22)14-7-9-21(10-8-14)12-16-19-20-17(24-16)15-6-4-5-13(2)11-15/h4-6,11,14H,3,7-10,12H2,1-2H3. The van der Waals surface area contributed by atoms with Gasteiger partial charge in [-0.1, -0.05) is 17.7 Å². The molecule has 0 amide bonds. The lowest BCUT2D eigenvalue weighted by Gasteiger charge is -2.29. The summed E-state index contributed by atoms with van der Waals surface area (Å²) in [6.07, 6.45) is 1.63. The van der Waals surface area contributed by atoms with Gasteiger partial charge in [0.25, 0.3) is 0 Å². The van der Waals surface area contributed by atoms with E-state index < -0.39 is 0 Å². The second-order valence-electron chi connectivity index (χ2n) is 6.17. The Hall–Kier alpha value is -2.21. The molecule has 0 spiro atoms. The van der Waals surface area contributed by atoms with Crippen molar-refractivity contribution in [2.45, 2.75) is 33.2 Å². The molecular weight excluding hydrogens is 306 g/mol. The first kappa shape index (κ1) is 16.6. The Labute approximate surface area is 141 Å². The van der Waals surface area contributed by atoms with Gasteiger partial charge in [-0.05, 0) is 51.9 Å². The minimum Gasteiger partial charge on any atom is -0.466 e. The number of carbonyl (C=O) groups is 1. The van der Waals surface area contributed by atoms with Crippen LogP contribution >= 0.6 is 0 Å². The van der Waals surface area contributed by atoms with E-state index in [9.17, 15) is 4.79 Å². The molecule has 24 heavy (non-hydrogen) atoms. The third-order valence-electron chi connectivity index (χ3n) is 4.30. The molecular formula is C18H23N3O3. The molecule has 6 heteroatoms. The van der Waals surface area contributed by atoms with E-state index in [4.69, 9.17) is 9.15 Å². The Morgan fingerprint density at radius 2 is 2.12 bits per heavy atom. The van der Waals surface area contributed by atoms with Crippen molar-refractivity contribution in [2.24, 2.45) is 5.92 Å². The molecule has 1 fully saturated rings. The zero-order chi connectivity index (χ0) is 16.9. The van der Waals surface area contributed by atoms with Crippen LogP contribution in [0.25, 0.3) is 11.5 Å². The van der Waals surface area contributed by atoms with Gasteiger partial charge < -0.3 is 9.15 Å². The first-order valence-electron chi connectivity index (χ1n) is 8.44. The van der Waals surface area contributed by atoms with Crippen molar-refractivity contribution in [1.82, 2.24) is 15.1 Å². The molecule has 1 aliphatic rings. The van der Waals surface area contributed by atoms with Crippen LogP contribution in [-0.4, -0.2) is 40.8 Å². The van der Waals surface area contributed by atoms with E-state index in [1.54, 1.807) is 0 Å². The second-order valence-corrected chi connectivity index (χ2v) is 6.17. The first-order valence-corrected chi connectivity index (χ1v) is 8.44. The van der Waals surface area contributed by atoms with Gasteiger partial charge in [-0.25, -0.2) is 0 Å². The summed E-state index contributed by atoms with van der Waals surface area (Å²) in [7, 11) is 0. The molecule has 0 N–H and O–H groups in total. The van der Waals surface area contributed by atoms with Gasteiger partial charge in [-0.3, -0.25) is 9.69 Å². The van der Waals surface area contributed by atoms with Crippen molar-refractivity contribution in [1.29, 1.82) is 0 Å². The number of benzene rings is 1.